The number of rotatable bonds is 7. The number of para-hydroxylation sites is 1. The molecule has 0 spiro atoms. The van der Waals surface area contributed by atoms with Crippen LogP contribution in [0.4, 0.5) is 8.78 Å². The summed E-state index contributed by atoms with van der Waals surface area (Å²) < 4.78 is 31.9. The molecule has 3 nitrogen and oxygen atoms in total. The molecule has 0 bridgehead atoms. The molecule has 0 heterocycles. The number of nitrogens with one attached hydrogen (secondary N) is 1. The normalized spacial score (nSPS) is 11.8. The molecule has 0 fully saturated rings. The van der Waals surface area contributed by atoms with E-state index in [4.69, 9.17) is 4.74 Å². The lowest BCUT2D eigenvalue weighted by Gasteiger charge is -2.17. The number of ether oxygens (including phenoxy) is 1. The van der Waals surface area contributed by atoms with Gasteiger partial charge in [0.2, 0.25) is 5.91 Å². The second-order valence-corrected chi connectivity index (χ2v) is 6.22. The van der Waals surface area contributed by atoms with Gasteiger partial charge in [0, 0.05) is 16.9 Å². The predicted molar refractivity (Wildman–Crippen MR) is 92.1 cm³/mol. The van der Waals surface area contributed by atoms with Crippen molar-refractivity contribution in [3.8, 4) is 5.75 Å². The lowest BCUT2D eigenvalue weighted by atomic mass is 10.1. The molecule has 2 rings (SSSR count). The van der Waals surface area contributed by atoms with Crippen LogP contribution in [0.2, 0.25) is 0 Å². The molecular formula is C18H19F2NO2S. The summed E-state index contributed by atoms with van der Waals surface area (Å²) in [6.45, 7) is 1.87. The van der Waals surface area contributed by atoms with E-state index in [0.29, 0.717) is 5.75 Å². The Balaban J connectivity index is 1.86. The van der Waals surface area contributed by atoms with E-state index in [9.17, 15) is 13.6 Å². The van der Waals surface area contributed by atoms with E-state index >= 15 is 0 Å². The molecular weight excluding hydrogens is 332 g/mol. The molecule has 6 heteroatoms. The van der Waals surface area contributed by atoms with Gasteiger partial charge >= 0.3 is 0 Å². The predicted octanol–water partition coefficient (Wildman–Crippen LogP) is 4.08. The fraction of sp³-hybridized carbons (Fsp3) is 0.278. The van der Waals surface area contributed by atoms with Crippen molar-refractivity contribution in [2.24, 2.45) is 0 Å². The van der Waals surface area contributed by atoms with E-state index in [0.717, 1.165) is 11.6 Å². The van der Waals surface area contributed by atoms with Crippen molar-refractivity contribution in [2.75, 3.05) is 12.9 Å². The maximum absolute atomic E-state index is 13.5. The Kier molecular flexibility index (Phi) is 6.61. The molecule has 0 aliphatic carbocycles. The molecule has 128 valence electrons. The SMILES string of the molecule is COc1ccccc1C(C)NC(=O)CSCc1cccc(F)c1F. The Morgan fingerprint density at radius 1 is 1.21 bits per heavy atom. The number of hydrogen-bond acceptors (Lipinski definition) is 3. The van der Waals surface area contributed by atoms with Crippen LogP contribution in [-0.2, 0) is 10.5 Å². The van der Waals surface area contributed by atoms with Gasteiger partial charge in [-0.2, -0.15) is 0 Å². The van der Waals surface area contributed by atoms with Crippen LogP contribution in [0.3, 0.4) is 0 Å². The van der Waals surface area contributed by atoms with Gasteiger partial charge in [-0.1, -0.05) is 30.3 Å². The molecule has 0 aromatic heterocycles. The highest BCUT2D eigenvalue weighted by atomic mass is 32.2. The molecule has 2 aromatic carbocycles. The maximum Gasteiger partial charge on any atom is 0.230 e. The first-order valence-corrected chi connectivity index (χ1v) is 8.61. The fourth-order valence-corrected chi connectivity index (χ4v) is 3.11. The monoisotopic (exact) mass is 351 g/mol. The number of halogens is 2. The number of carbonyl (C=O) groups is 1. The number of carbonyl (C=O) groups excluding carboxylic acids is 1. The standard InChI is InChI=1S/C18H19F2NO2S/c1-12(14-7-3-4-9-16(14)23-2)21-17(22)11-24-10-13-6-5-8-15(19)18(13)20/h3-9,12H,10-11H2,1-2H3,(H,21,22). The van der Waals surface area contributed by atoms with Gasteiger partial charge in [0.15, 0.2) is 11.6 Å². The van der Waals surface area contributed by atoms with Crippen LogP contribution in [0.1, 0.15) is 24.1 Å². The third-order valence-electron chi connectivity index (χ3n) is 3.51. The van der Waals surface area contributed by atoms with Crippen LogP contribution >= 0.6 is 11.8 Å². The van der Waals surface area contributed by atoms with E-state index in [-0.39, 0.29) is 29.0 Å². The molecule has 24 heavy (non-hydrogen) atoms. The fourth-order valence-electron chi connectivity index (χ4n) is 2.30. The van der Waals surface area contributed by atoms with Gasteiger partial charge in [-0.25, -0.2) is 8.78 Å². The second-order valence-electron chi connectivity index (χ2n) is 5.24. The van der Waals surface area contributed by atoms with Gasteiger partial charge in [-0.3, -0.25) is 4.79 Å². The summed E-state index contributed by atoms with van der Waals surface area (Å²) in [7, 11) is 1.58. The summed E-state index contributed by atoms with van der Waals surface area (Å²) in [6.07, 6.45) is 0. The summed E-state index contributed by atoms with van der Waals surface area (Å²) in [6, 6.07) is 11.3. The van der Waals surface area contributed by atoms with Crippen LogP contribution < -0.4 is 10.1 Å². The molecule has 0 aliphatic heterocycles. The molecule has 0 saturated heterocycles. The zero-order valence-corrected chi connectivity index (χ0v) is 14.3. The number of amides is 1. The average molecular weight is 351 g/mol. The van der Waals surface area contributed by atoms with Gasteiger partial charge in [-0.15, -0.1) is 11.8 Å². The van der Waals surface area contributed by atoms with Crippen molar-refractivity contribution in [2.45, 2.75) is 18.7 Å². The van der Waals surface area contributed by atoms with E-state index in [2.05, 4.69) is 5.32 Å². The molecule has 1 N–H and O–H groups in total. The number of methoxy groups -OCH3 is 1. The van der Waals surface area contributed by atoms with Crippen molar-refractivity contribution in [1.82, 2.24) is 5.32 Å². The Morgan fingerprint density at radius 2 is 1.96 bits per heavy atom. The van der Waals surface area contributed by atoms with E-state index < -0.39 is 11.6 Å². The van der Waals surface area contributed by atoms with Crippen LogP contribution in [0.5, 0.6) is 5.75 Å². The molecule has 1 atom stereocenters. The average Bonchev–Trinajstić information content (AvgIpc) is 2.58. The minimum absolute atomic E-state index is 0.162. The van der Waals surface area contributed by atoms with Crippen molar-refractivity contribution < 1.29 is 18.3 Å². The van der Waals surface area contributed by atoms with E-state index in [1.165, 1.54) is 23.9 Å². The Bertz CT molecular complexity index is 709. The quantitative estimate of drug-likeness (QED) is 0.817. The van der Waals surface area contributed by atoms with Crippen molar-refractivity contribution in [3.05, 3.63) is 65.2 Å². The van der Waals surface area contributed by atoms with Crippen LogP contribution in [0.25, 0.3) is 0 Å². The maximum atomic E-state index is 13.5. The summed E-state index contributed by atoms with van der Waals surface area (Å²) in [5, 5.41) is 2.88. The van der Waals surface area contributed by atoms with E-state index in [1.54, 1.807) is 7.11 Å². The zero-order valence-electron chi connectivity index (χ0n) is 13.5. The van der Waals surface area contributed by atoms with Crippen molar-refractivity contribution in [1.29, 1.82) is 0 Å². The summed E-state index contributed by atoms with van der Waals surface area (Å²) in [4.78, 5) is 12.0. The minimum atomic E-state index is -0.873. The number of thioether (sulfide) groups is 1. The molecule has 1 amide bonds. The van der Waals surface area contributed by atoms with Crippen molar-refractivity contribution >= 4 is 17.7 Å². The van der Waals surface area contributed by atoms with Gasteiger partial charge in [-0.05, 0) is 19.1 Å². The number of benzene rings is 2. The number of hydrogen-bond donors (Lipinski definition) is 1. The first kappa shape index (κ1) is 18.3. The molecule has 0 saturated carbocycles. The molecule has 2 aromatic rings. The van der Waals surface area contributed by atoms with E-state index in [1.807, 2.05) is 31.2 Å². The lowest BCUT2D eigenvalue weighted by Crippen LogP contribution is -2.28. The molecule has 1 unspecified atom stereocenters. The first-order valence-electron chi connectivity index (χ1n) is 7.45. The van der Waals surface area contributed by atoms with Crippen molar-refractivity contribution in [3.63, 3.8) is 0 Å². The third-order valence-corrected chi connectivity index (χ3v) is 4.49. The first-order chi connectivity index (χ1) is 11.5. The highest BCUT2D eigenvalue weighted by Crippen LogP contribution is 2.24. The van der Waals surface area contributed by atoms with Crippen LogP contribution in [0, 0.1) is 11.6 Å². The summed E-state index contributed by atoms with van der Waals surface area (Å²) in [5.41, 5.74) is 1.14. The highest BCUT2D eigenvalue weighted by Gasteiger charge is 2.14. The zero-order chi connectivity index (χ0) is 17.5. The largest absolute Gasteiger partial charge is 0.496 e. The lowest BCUT2D eigenvalue weighted by molar-refractivity contribution is -0.119. The third kappa shape index (κ3) is 4.71. The van der Waals surface area contributed by atoms with Gasteiger partial charge in [0.25, 0.3) is 0 Å². The summed E-state index contributed by atoms with van der Waals surface area (Å²) in [5.74, 6) is -0.791. The minimum Gasteiger partial charge on any atom is -0.496 e. The van der Waals surface area contributed by atoms with Gasteiger partial charge < -0.3 is 10.1 Å². The smallest absolute Gasteiger partial charge is 0.230 e. The Hall–Kier alpha value is -2.08. The highest BCUT2D eigenvalue weighted by molar-refractivity contribution is 7.99. The molecule has 0 radical (unpaired) electrons. The van der Waals surface area contributed by atoms with Gasteiger partial charge in [0.05, 0.1) is 18.9 Å². The topological polar surface area (TPSA) is 38.3 Å². The van der Waals surface area contributed by atoms with Gasteiger partial charge in [0.1, 0.15) is 5.75 Å². The molecule has 0 aliphatic rings. The second kappa shape index (κ2) is 8.68. The van der Waals surface area contributed by atoms with Crippen LogP contribution in [0.15, 0.2) is 42.5 Å². The summed E-state index contributed by atoms with van der Waals surface area (Å²) >= 11 is 1.23. The Labute approximate surface area is 144 Å². The van der Waals surface area contributed by atoms with Crippen LogP contribution in [-0.4, -0.2) is 18.8 Å². The Morgan fingerprint density at radius 3 is 2.71 bits per heavy atom.